The van der Waals surface area contributed by atoms with Crippen molar-refractivity contribution in [2.24, 2.45) is 0 Å². The number of anilines is 1. The zero-order valence-corrected chi connectivity index (χ0v) is 16.1. The predicted molar refractivity (Wildman–Crippen MR) is 108 cm³/mol. The quantitative estimate of drug-likeness (QED) is 0.620. The van der Waals surface area contributed by atoms with Crippen molar-refractivity contribution in [2.45, 2.75) is 0 Å². The number of aliphatic hydroxyl groups excluding tert-OH is 1. The van der Waals surface area contributed by atoms with Crippen molar-refractivity contribution in [2.75, 3.05) is 18.6 Å². The minimum atomic E-state index is 0.133. The molecule has 5 nitrogen and oxygen atoms in total. The van der Waals surface area contributed by atoms with E-state index in [2.05, 4.69) is 4.98 Å². The topological polar surface area (TPSA) is 69.4 Å². The van der Waals surface area contributed by atoms with Crippen LogP contribution in [-0.4, -0.2) is 29.6 Å². The lowest BCUT2D eigenvalue weighted by atomic mass is 10.2. The first kappa shape index (κ1) is 17.1. The van der Waals surface area contributed by atoms with Gasteiger partial charge >= 0.3 is 0 Å². The van der Waals surface area contributed by atoms with Crippen LogP contribution in [0.1, 0.15) is 5.01 Å². The fourth-order valence-electron chi connectivity index (χ4n) is 2.77. The van der Waals surface area contributed by atoms with Gasteiger partial charge in [-0.25, -0.2) is 4.98 Å². The fourth-order valence-corrected chi connectivity index (χ4v) is 4.67. The average molecular weight is 404 g/mol. The second kappa shape index (κ2) is 6.75. The molecule has 4 rings (SSSR count). The lowest BCUT2D eigenvalue weighted by Crippen LogP contribution is -2.26. The molecule has 1 aliphatic heterocycles. The van der Waals surface area contributed by atoms with Crippen molar-refractivity contribution in [3.05, 3.63) is 56.9 Å². The van der Waals surface area contributed by atoms with Gasteiger partial charge in [-0.05, 0) is 29.6 Å². The third kappa shape index (κ3) is 2.88. The molecular formula is C18H14ClN3O2S2. The molecule has 0 unspecified atom stereocenters. The molecule has 2 aromatic heterocycles. The Morgan fingerprint density at radius 1 is 1.31 bits per heavy atom. The summed E-state index contributed by atoms with van der Waals surface area (Å²) in [6.07, 6.45) is 0. The van der Waals surface area contributed by atoms with Crippen molar-refractivity contribution in [1.82, 2.24) is 4.98 Å². The maximum Gasteiger partial charge on any atom is 0.139 e. The molecule has 3 aromatic rings. The Bertz CT molecular complexity index is 1010. The van der Waals surface area contributed by atoms with Gasteiger partial charge in [-0.3, -0.25) is 5.41 Å². The van der Waals surface area contributed by atoms with E-state index in [9.17, 15) is 5.11 Å². The number of benzene rings is 1. The van der Waals surface area contributed by atoms with E-state index in [0.29, 0.717) is 21.4 Å². The van der Waals surface area contributed by atoms with Gasteiger partial charge in [-0.1, -0.05) is 17.7 Å². The summed E-state index contributed by atoms with van der Waals surface area (Å²) in [5.74, 6) is 0.906. The summed E-state index contributed by atoms with van der Waals surface area (Å²) in [6.45, 7) is 0.213. The van der Waals surface area contributed by atoms with Gasteiger partial charge in [0.2, 0.25) is 0 Å². The molecule has 0 saturated heterocycles. The lowest BCUT2D eigenvalue weighted by molar-refractivity contribution is 0.411. The molecule has 0 amide bonds. The average Bonchev–Trinajstić information content (AvgIpc) is 3.35. The van der Waals surface area contributed by atoms with Crippen LogP contribution in [0.25, 0.3) is 16.1 Å². The summed E-state index contributed by atoms with van der Waals surface area (Å²) in [4.78, 5) is 7.37. The van der Waals surface area contributed by atoms with E-state index in [1.54, 1.807) is 35.5 Å². The number of aliphatic hydroxyl groups is 1. The van der Waals surface area contributed by atoms with Crippen molar-refractivity contribution in [3.8, 4) is 16.3 Å². The SMILES string of the molecule is COc1ccc(N2CC(O)=C(c3nc(-c4cccs4)cs3)C2=N)cc1Cl. The Morgan fingerprint density at radius 3 is 2.85 bits per heavy atom. The van der Waals surface area contributed by atoms with Crippen molar-refractivity contribution < 1.29 is 9.84 Å². The minimum Gasteiger partial charge on any atom is -0.510 e. The molecule has 0 aliphatic carbocycles. The summed E-state index contributed by atoms with van der Waals surface area (Å²) in [5.41, 5.74) is 2.04. The summed E-state index contributed by atoms with van der Waals surface area (Å²) in [5, 5.41) is 24.0. The third-order valence-corrected chi connectivity index (χ3v) is 6.09. The van der Waals surface area contributed by atoms with Gasteiger partial charge in [0.05, 0.1) is 34.8 Å². The largest absolute Gasteiger partial charge is 0.510 e. The number of methoxy groups -OCH3 is 1. The minimum absolute atomic E-state index is 0.133. The van der Waals surface area contributed by atoms with Crippen LogP contribution in [0.15, 0.2) is 46.9 Å². The smallest absolute Gasteiger partial charge is 0.139 e. The summed E-state index contributed by atoms with van der Waals surface area (Å²) < 4.78 is 5.17. The van der Waals surface area contributed by atoms with Crippen LogP contribution in [-0.2, 0) is 0 Å². The number of thiazole rings is 1. The molecule has 8 heteroatoms. The van der Waals surface area contributed by atoms with Crippen LogP contribution in [0.3, 0.4) is 0 Å². The Balaban J connectivity index is 1.64. The number of hydrogen-bond acceptors (Lipinski definition) is 6. The molecule has 132 valence electrons. The summed E-state index contributed by atoms with van der Waals surface area (Å²) in [6, 6.07) is 9.27. The maximum atomic E-state index is 10.5. The second-order valence-corrected chi connectivity index (χ2v) is 7.80. The molecule has 0 atom stereocenters. The number of nitrogens with zero attached hydrogens (tertiary/aromatic N) is 2. The number of ether oxygens (including phenoxy) is 1. The zero-order chi connectivity index (χ0) is 18.3. The fraction of sp³-hybridized carbons (Fsp3) is 0.111. The first-order chi connectivity index (χ1) is 12.6. The van der Waals surface area contributed by atoms with Crippen LogP contribution >= 0.6 is 34.3 Å². The van der Waals surface area contributed by atoms with E-state index in [4.69, 9.17) is 21.7 Å². The van der Waals surface area contributed by atoms with Crippen molar-refractivity contribution in [1.29, 1.82) is 5.41 Å². The van der Waals surface area contributed by atoms with Gasteiger partial charge in [0.25, 0.3) is 0 Å². The Morgan fingerprint density at radius 2 is 2.15 bits per heavy atom. The van der Waals surface area contributed by atoms with Crippen LogP contribution in [0, 0.1) is 5.41 Å². The molecule has 1 aliphatic rings. The summed E-state index contributed by atoms with van der Waals surface area (Å²) in [7, 11) is 1.55. The highest BCUT2D eigenvalue weighted by molar-refractivity contribution is 7.14. The Labute approximate surface area is 163 Å². The maximum absolute atomic E-state index is 10.5. The third-order valence-electron chi connectivity index (χ3n) is 4.04. The number of amidine groups is 1. The molecule has 26 heavy (non-hydrogen) atoms. The van der Waals surface area contributed by atoms with Crippen LogP contribution in [0.2, 0.25) is 5.02 Å². The molecule has 3 heterocycles. The molecule has 0 radical (unpaired) electrons. The van der Waals surface area contributed by atoms with Gasteiger partial charge in [0.15, 0.2) is 0 Å². The number of thiophene rings is 1. The van der Waals surface area contributed by atoms with E-state index in [0.717, 1.165) is 16.3 Å². The monoisotopic (exact) mass is 403 g/mol. The molecule has 0 bridgehead atoms. The van der Waals surface area contributed by atoms with Gasteiger partial charge in [0.1, 0.15) is 22.4 Å². The Kier molecular flexibility index (Phi) is 4.44. The second-order valence-electron chi connectivity index (χ2n) is 5.59. The molecule has 0 fully saturated rings. The van der Waals surface area contributed by atoms with Gasteiger partial charge in [-0.2, -0.15) is 0 Å². The van der Waals surface area contributed by atoms with Gasteiger partial charge in [-0.15, -0.1) is 22.7 Å². The van der Waals surface area contributed by atoms with E-state index in [1.807, 2.05) is 29.0 Å². The van der Waals surface area contributed by atoms with Gasteiger partial charge < -0.3 is 14.7 Å². The lowest BCUT2D eigenvalue weighted by Gasteiger charge is -2.19. The Hall–Kier alpha value is -2.35. The highest BCUT2D eigenvalue weighted by Crippen LogP contribution is 2.37. The van der Waals surface area contributed by atoms with E-state index in [-0.39, 0.29) is 18.1 Å². The van der Waals surface area contributed by atoms with Crippen LogP contribution in [0.4, 0.5) is 5.69 Å². The normalized spacial score (nSPS) is 14.4. The number of hydrogen-bond donors (Lipinski definition) is 2. The van der Waals surface area contributed by atoms with Crippen molar-refractivity contribution in [3.63, 3.8) is 0 Å². The molecule has 0 saturated carbocycles. The van der Waals surface area contributed by atoms with E-state index < -0.39 is 0 Å². The number of halogens is 1. The predicted octanol–water partition coefficient (Wildman–Crippen LogP) is 5.30. The number of rotatable bonds is 4. The molecule has 2 N–H and O–H groups in total. The first-order valence-electron chi connectivity index (χ1n) is 7.70. The standard InChI is InChI=1S/C18H14ClN3O2S2/c1-24-14-5-4-10(7-11(14)19)22-8-13(23)16(17(22)20)18-21-12(9-26-18)15-3-2-6-25-15/h2-7,9,20,23H,8H2,1H3. The van der Waals surface area contributed by atoms with E-state index >= 15 is 0 Å². The molecule has 0 spiro atoms. The zero-order valence-electron chi connectivity index (χ0n) is 13.7. The highest BCUT2D eigenvalue weighted by Gasteiger charge is 2.31. The summed E-state index contributed by atoms with van der Waals surface area (Å²) >= 11 is 9.23. The first-order valence-corrected chi connectivity index (χ1v) is 9.84. The highest BCUT2D eigenvalue weighted by atomic mass is 35.5. The number of nitrogens with one attached hydrogen (secondary N) is 1. The van der Waals surface area contributed by atoms with Crippen LogP contribution < -0.4 is 9.64 Å². The van der Waals surface area contributed by atoms with Crippen molar-refractivity contribution >= 4 is 51.4 Å². The molecule has 1 aromatic carbocycles. The van der Waals surface area contributed by atoms with Crippen LogP contribution in [0.5, 0.6) is 5.75 Å². The van der Waals surface area contributed by atoms with Gasteiger partial charge in [0, 0.05) is 11.1 Å². The number of aromatic nitrogens is 1. The van der Waals surface area contributed by atoms with E-state index in [1.165, 1.54) is 11.3 Å². The molecular weight excluding hydrogens is 390 g/mol.